The smallest absolute Gasteiger partial charge is 0.369 e. The molecule has 0 aliphatic rings. The Kier molecular flexibility index (Phi) is 5.58. The minimum absolute atomic E-state index is 0.591. The van der Waals surface area contributed by atoms with Crippen LogP contribution in [0.2, 0.25) is 0 Å². The fourth-order valence-corrected chi connectivity index (χ4v) is 0.385. The van der Waals surface area contributed by atoms with Crippen LogP contribution in [0.25, 0.3) is 0 Å². The molecule has 0 fully saturated rings. The van der Waals surface area contributed by atoms with E-state index in [1.807, 2.05) is 0 Å². The van der Waals surface area contributed by atoms with E-state index in [1.54, 1.807) is 20.8 Å². The fourth-order valence-electron chi connectivity index (χ4n) is 0.385. The number of methoxy groups -OCH3 is 1. The Hall–Kier alpha value is -1.40. The van der Waals surface area contributed by atoms with Crippen LogP contribution in [0.5, 0.6) is 0 Å². The lowest BCUT2D eigenvalue weighted by Gasteiger charge is -2.14. The molecule has 6 nitrogen and oxygen atoms in total. The van der Waals surface area contributed by atoms with Crippen molar-refractivity contribution in [3.05, 3.63) is 12.2 Å². The summed E-state index contributed by atoms with van der Waals surface area (Å²) in [6, 6.07) is 0. The van der Waals surface area contributed by atoms with Crippen LogP contribution < -0.4 is 0 Å². The van der Waals surface area contributed by atoms with Gasteiger partial charge in [0.25, 0.3) is 0 Å². The molecule has 0 saturated carbocycles. The molecule has 86 valence electrons. The van der Waals surface area contributed by atoms with E-state index in [0.29, 0.717) is 0 Å². The Labute approximate surface area is 87.6 Å². The average molecular weight is 218 g/mol. The second-order valence-electron chi connectivity index (χ2n) is 3.52. The first-order valence-corrected chi connectivity index (χ1v) is 4.17. The summed E-state index contributed by atoms with van der Waals surface area (Å²) >= 11 is 0. The summed E-state index contributed by atoms with van der Waals surface area (Å²) in [5, 5.41) is 4.17. The molecular formula is C9H14O6. The Morgan fingerprint density at radius 2 is 1.60 bits per heavy atom. The number of carbonyl (C=O) groups is 2. The van der Waals surface area contributed by atoms with Gasteiger partial charge in [-0.25, -0.2) is 9.59 Å². The van der Waals surface area contributed by atoms with E-state index in [9.17, 15) is 9.59 Å². The Bertz CT molecular complexity index is 250. The van der Waals surface area contributed by atoms with E-state index < -0.39 is 17.5 Å². The van der Waals surface area contributed by atoms with Gasteiger partial charge in [-0.05, 0) is 25.8 Å². The average Bonchev–Trinajstić information content (AvgIpc) is 2.12. The van der Waals surface area contributed by atoms with Crippen molar-refractivity contribution in [1.82, 2.24) is 0 Å². The van der Waals surface area contributed by atoms with Crippen molar-refractivity contribution in [2.24, 2.45) is 0 Å². The van der Waals surface area contributed by atoms with E-state index in [4.69, 9.17) is 0 Å². The van der Waals surface area contributed by atoms with E-state index >= 15 is 0 Å². The summed E-state index contributed by atoms with van der Waals surface area (Å²) in [5.41, 5.74) is -0.591. The van der Waals surface area contributed by atoms with Crippen molar-refractivity contribution in [2.75, 3.05) is 7.11 Å². The van der Waals surface area contributed by atoms with Crippen molar-refractivity contribution < 1.29 is 29.1 Å². The standard InChI is InChI=1S/C9H14O6/c1-9(2,3)14-15-13-8(11)6-5-7(10)12-4/h5-6H,1-4H3/b6-5+. The maximum atomic E-state index is 10.8. The molecule has 0 spiro atoms. The highest BCUT2D eigenvalue weighted by atomic mass is 17.5. The van der Waals surface area contributed by atoms with Crippen molar-refractivity contribution in [1.29, 1.82) is 0 Å². The lowest BCUT2D eigenvalue weighted by molar-refractivity contribution is -0.513. The largest absolute Gasteiger partial charge is 0.466 e. The predicted octanol–water partition coefficient (Wildman–Crippen LogP) is 0.920. The first kappa shape index (κ1) is 13.6. The van der Waals surface area contributed by atoms with Gasteiger partial charge in [-0.3, -0.25) is 4.89 Å². The first-order chi connectivity index (χ1) is 6.85. The van der Waals surface area contributed by atoms with Gasteiger partial charge in [-0.2, -0.15) is 4.89 Å². The van der Waals surface area contributed by atoms with Gasteiger partial charge in [0.05, 0.1) is 12.7 Å². The van der Waals surface area contributed by atoms with Gasteiger partial charge in [-0.1, -0.05) is 0 Å². The van der Waals surface area contributed by atoms with Gasteiger partial charge in [0.2, 0.25) is 0 Å². The lowest BCUT2D eigenvalue weighted by Crippen LogP contribution is -2.20. The highest BCUT2D eigenvalue weighted by Gasteiger charge is 2.13. The quantitative estimate of drug-likeness (QED) is 0.302. The van der Waals surface area contributed by atoms with Crippen molar-refractivity contribution in [3.8, 4) is 0 Å². The second kappa shape index (κ2) is 6.15. The zero-order valence-electron chi connectivity index (χ0n) is 9.10. The van der Waals surface area contributed by atoms with Crippen LogP contribution in [0, 0.1) is 0 Å². The summed E-state index contributed by atoms with van der Waals surface area (Å²) in [6.07, 6.45) is 1.76. The van der Waals surface area contributed by atoms with Gasteiger partial charge in [0, 0.05) is 12.2 Å². The van der Waals surface area contributed by atoms with Crippen LogP contribution in [0.1, 0.15) is 20.8 Å². The van der Waals surface area contributed by atoms with Gasteiger partial charge in [0.15, 0.2) is 0 Å². The van der Waals surface area contributed by atoms with Crippen molar-refractivity contribution >= 4 is 11.9 Å². The molecule has 0 aliphatic heterocycles. The predicted molar refractivity (Wildman–Crippen MR) is 49.2 cm³/mol. The summed E-state index contributed by atoms with van der Waals surface area (Å²) in [5.74, 6) is -1.53. The minimum atomic E-state index is -0.871. The molecule has 0 aromatic heterocycles. The molecule has 0 saturated heterocycles. The monoisotopic (exact) mass is 218 g/mol. The normalized spacial score (nSPS) is 11.5. The number of ether oxygens (including phenoxy) is 1. The second-order valence-corrected chi connectivity index (χ2v) is 3.52. The Balaban J connectivity index is 3.76. The number of esters is 1. The molecule has 0 radical (unpaired) electrons. The Morgan fingerprint density at radius 1 is 1.07 bits per heavy atom. The third-order valence-electron chi connectivity index (χ3n) is 0.957. The summed E-state index contributed by atoms with van der Waals surface area (Å²) in [7, 11) is 1.19. The van der Waals surface area contributed by atoms with Gasteiger partial charge < -0.3 is 4.74 Å². The van der Waals surface area contributed by atoms with Gasteiger partial charge in [0.1, 0.15) is 0 Å². The van der Waals surface area contributed by atoms with E-state index in [2.05, 4.69) is 19.6 Å². The first-order valence-electron chi connectivity index (χ1n) is 4.17. The van der Waals surface area contributed by atoms with Crippen LogP contribution >= 0.6 is 0 Å². The highest BCUT2D eigenvalue weighted by molar-refractivity contribution is 5.91. The SMILES string of the molecule is COC(=O)/C=C/C(=O)OOOC(C)(C)C. The molecule has 0 heterocycles. The minimum Gasteiger partial charge on any atom is -0.466 e. The molecule has 0 atom stereocenters. The zero-order chi connectivity index (χ0) is 11.9. The number of hydrogen-bond donors (Lipinski definition) is 0. The van der Waals surface area contributed by atoms with E-state index in [-0.39, 0.29) is 0 Å². The third kappa shape index (κ3) is 8.92. The highest BCUT2D eigenvalue weighted by Crippen LogP contribution is 2.07. The summed E-state index contributed by atoms with van der Waals surface area (Å²) in [4.78, 5) is 30.2. The molecule has 0 N–H and O–H groups in total. The maximum absolute atomic E-state index is 10.8. The van der Waals surface area contributed by atoms with Gasteiger partial charge in [-0.15, -0.1) is 0 Å². The lowest BCUT2D eigenvalue weighted by atomic mass is 10.2. The van der Waals surface area contributed by atoms with Crippen molar-refractivity contribution in [2.45, 2.75) is 26.4 Å². The van der Waals surface area contributed by atoms with E-state index in [1.165, 1.54) is 7.11 Å². The molecule has 0 amide bonds. The molecule has 15 heavy (non-hydrogen) atoms. The molecule has 0 bridgehead atoms. The zero-order valence-corrected chi connectivity index (χ0v) is 9.10. The molecular weight excluding hydrogens is 204 g/mol. The van der Waals surface area contributed by atoms with Crippen LogP contribution in [-0.2, 0) is 29.1 Å². The van der Waals surface area contributed by atoms with Gasteiger partial charge >= 0.3 is 11.9 Å². The van der Waals surface area contributed by atoms with Crippen LogP contribution in [0.4, 0.5) is 0 Å². The molecule has 0 unspecified atom stereocenters. The third-order valence-corrected chi connectivity index (χ3v) is 0.957. The maximum Gasteiger partial charge on any atom is 0.369 e. The van der Waals surface area contributed by atoms with Crippen LogP contribution in [0.15, 0.2) is 12.2 Å². The molecule has 0 rings (SSSR count). The summed E-state index contributed by atoms with van der Waals surface area (Å²) < 4.78 is 4.25. The van der Waals surface area contributed by atoms with Crippen LogP contribution in [0.3, 0.4) is 0 Å². The molecule has 0 aromatic rings. The van der Waals surface area contributed by atoms with Crippen molar-refractivity contribution in [3.63, 3.8) is 0 Å². The number of hydrogen-bond acceptors (Lipinski definition) is 6. The topological polar surface area (TPSA) is 71.1 Å². The fraction of sp³-hybridized carbons (Fsp3) is 0.556. The Morgan fingerprint density at radius 3 is 2.07 bits per heavy atom. The summed E-state index contributed by atoms with van der Waals surface area (Å²) in [6.45, 7) is 5.14. The number of carbonyl (C=O) groups excluding carboxylic acids is 2. The molecule has 0 aromatic carbocycles. The molecule has 6 heteroatoms. The molecule has 0 aliphatic carbocycles. The van der Waals surface area contributed by atoms with Crippen LogP contribution in [-0.4, -0.2) is 24.6 Å². The van der Waals surface area contributed by atoms with E-state index in [0.717, 1.165) is 12.2 Å². The number of rotatable bonds is 4.